The SMILES string of the molecule is CCS(=O)(=O)c1ccc(C(=O)Nc2sc3c(c2-c2nc4ccccc4s2)CCCC3)cc1. The molecule has 0 unspecified atom stereocenters. The summed E-state index contributed by atoms with van der Waals surface area (Å²) in [6.45, 7) is 1.61. The van der Waals surface area contributed by atoms with Crippen LogP contribution in [0.4, 0.5) is 5.00 Å². The monoisotopic (exact) mass is 482 g/mol. The molecule has 2 aromatic heterocycles. The number of benzene rings is 2. The molecule has 1 amide bonds. The number of anilines is 1. The fourth-order valence-corrected chi connectivity index (χ4v) is 7.29. The van der Waals surface area contributed by atoms with Crippen LogP contribution in [0.3, 0.4) is 0 Å². The van der Waals surface area contributed by atoms with Crippen LogP contribution < -0.4 is 5.32 Å². The Bertz CT molecular complexity index is 1380. The van der Waals surface area contributed by atoms with Crippen molar-refractivity contribution in [1.29, 1.82) is 0 Å². The van der Waals surface area contributed by atoms with Crippen LogP contribution in [0.25, 0.3) is 20.8 Å². The lowest BCUT2D eigenvalue weighted by atomic mass is 9.95. The first kappa shape index (κ1) is 21.3. The summed E-state index contributed by atoms with van der Waals surface area (Å²) in [7, 11) is -3.29. The number of nitrogens with one attached hydrogen (secondary N) is 1. The van der Waals surface area contributed by atoms with Gasteiger partial charge in [0.2, 0.25) is 0 Å². The van der Waals surface area contributed by atoms with Gasteiger partial charge in [0.15, 0.2) is 9.84 Å². The Morgan fingerprint density at radius 3 is 2.53 bits per heavy atom. The van der Waals surface area contributed by atoms with E-state index in [0.717, 1.165) is 51.5 Å². The zero-order valence-corrected chi connectivity index (χ0v) is 20.0. The Balaban J connectivity index is 1.51. The van der Waals surface area contributed by atoms with E-state index in [0.29, 0.717) is 5.56 Å². The minimum absolute atomic E-state index is 0.0326. The Morgan fingerprint density at radius 1 is 1.03 bits per heavy atom. The van der Waals surface area contributed by atoms with Crippen molar-refractivity contribution in [2.75, 3.05) is 11.1 Å². The first-order valence-corrected chi connectivity index (χ1v) is 13.9. The molecule has 0 aliphatic heterocycles. The van der Waals surface area contributed by atoms with Crippen molar-refractivity contribution in [3.8, 4) is 10.6 Å². The van der Waals surface area contributed by atoms with E-state index in [-0.39, 0.29) is 16.6 Å². The van der Waals surface area contributed by atoms with Crippen LogP contribution in [-0.2, 0) is 22.7 Å². The molecule has 0 spiro atoms. The molecular weight excluding hydrogens is 460 g/mol. The first-order chi connectivity index (χ1) is 15.5. The summed E-state index contributed by atoms with van der Waals surface area (Å²) in [5.41, 5.74) is 3.75. The quantitative estimate of drug-likeness (QED) is 0.381. The lowest BCUT2D eigenvalue weighted by Crippen LogP contribution is -2.12. The third-order valence-electron chi connectivity index (χ3n) is 5.76. The number of hydrogen-bond donors (Lipinski definition) is 1. The van der Waals surface area contributed by atoms with Gasteiger partial charge in [-0.05, 0) is 67.6 Å². The molecule has 0 saturated heterocycles. The Hall–Kier alpha value is -2.55. The maximum atomic E-state index is 13.0. The number of fused-ring (bicyclic) bond motifs is 2. The van der Waals surface area contributed by atoms with Gasteiger partial charge in [-0.3, -0.25) is 4.79 Å². The predicted octanol–water partition coefficient (Wildman–Crippen LogP) is 5.95. The summed E-state index contributed by atoms with van der Waals surface area (Å²) in [5, 5.41) is 4.86. The van der Waals surface area contributed by atoms with Gasteiger partial charge in [0.05, 0.1) is 20.9 Å². The number of thiophene rings is 1. The standard InChI is InChI=1S/C24H22N2O3S3/c1-2-32(28,29)16-13-11-15(12-14-16)22(27)26-24-21(17-7-3-5-9-19(17)30-24)23-25-18-8-4-6-10-20(18)31-23/h4,6,8,10-14H,2-3,5,7,9H2,1H3,(H,26,27). The second-order valence-corrected chi connectivity index (χ2v) is 12.2. The number of amides is 1. The number of thiazole rings is 1. The van der Waals surface area contributed by atoms with Crippen LogP contribution in [0, 0.1) is 0 Å². The number of aromatic nitrogens is 1. The third-order valence-corrected chi connectivity index (χ3v) is 9.77. The van der Waals surface area contributed by atoms with Crippen LogP contribution >= 0.6 is 22.7 Å². The number of sulfone groups is 1. The van der Waals surface area contributed by atoms with Gasteiger partial charge in [-0.1, -0.05) is 19.1 Å². The molecule has 4 aromatic rings. The van der Waals surface area contributed by atoms with Crippen molar-refractivity contribution in [3.05, 3.63) is 64.5 Å². The van der Waals surface area contributed by atoms with Gasteiger partial charge >= 0.3 is 0 Å². The molecule has 0 bridgehead atoms. The van der Waals surface area contributed by atoms with Crippen LogP contribution in [0.5, 0.6) is 0 Å². The molecule has 0 saturated carbocycles. The molecular formula is C24H22N2O3S3. The van der Waals surface area contributed by atoms with E-state index in [1.54, 1.807) is 41.7 Å². The Morgan fingerprint density at radius 2 is 1.78 bits per heavy atom. The van der Waals surface area contributed by atoms with E-state index < -0.39 is 9.84 Å². The normalized spacial score (nSPS) is 13.8. The molecule has 0 radical (unpaired) electrons. The van der Waals surface area contributed by atoms with Crippen molar-refractivity contribution in [3.63, 3.8) is 0 Å². The van der Waals surface area contributed by atoms with Crippen LogP contribution in [0.1, 0.15) is 40.6 Å². The smallest absolute Gasteiger partial charge is 0.256 e. The van der Waals surface area contributed by atoms with Gasteiger partial charge in [-0.2, -0.15) is 0 Å². The second-order valence-electron chi connectivity index (χ2n) is 7.78. The van der Waals surface area contributed by atoms with Crippen molar-refractivity contribution in [1.82, 2.24) is 4.98 Å². The van der Waals surface area contributed by atoms with Crippen LogP contribution in [-0.4, -0.2) is 25.1 Å². The summed E-state index contributed by atoms with van der Waals surface area (Å²) in [6.07, 6.45) is 4.32. The minimum Gasteiger partial charge on any atom is -0.313 e. The van der Waals surface area contributed by atoms with Crippen molar-refractivity contribution in [2.45, 2.75) is 37.5 Å². The molecule has 164 valence electrons. The van der Waals surface area contributed by atoms with Crippen molar-refractivity contribution < 1.29 is 13.2 Å². The molecule has 2 heterocycles. The van der Waals surface area contributed by atoms with E-state index in [9.17, 15) is 13.2 Å². The summed E-state index contributed by atoms with van der Waals surface area (Å²) in [4.78, 5) is 19.5. The van der Waals surface area contributed by atoms with E-state index in [1.165, 1.54) is 22.6 Å². The van der Waals surface area contributed by atoms with Gasteiger partial charge in [-0.15, -0.1) is 22.7 Å². The fraction of sp³-hybridized carbons (Fsp3) is 0.250. The number of nitrogens with zero attached hydrogens (tertiary/aromatic N) is 1. The lowest BCUT2D eigenvalue weighted by Gasteiger charge is -2.12. The average Bonchev–Trinajstić information content (AvgIpc) is 3.39. The number of carbonyl (C=O) groups is 1. The fourth-order valence-electron chi connectivity index (χ4n) is 4.01. The largest absolute Gasteiger partial charge is 0.313 e. The number of hydrogen-bond acceptors (Lipinski definition) is 6. The molecule has 32 heavy (non-hydrogen) atoms. The minimum atomic E-state index is -3.29. The number of rotatable bonds is 5. The van der Waals surface area contributed by atoms with E-state index in [2.05, 4.69) is 11.4 Å². The topological polar surface area (TPSA) is 76.1 Å². The number of carbonyl (C=O) groups excluding carboxylic acids is 1. The van der Waals surface area contributed by atoms with Gasteiger partial charge in [0.25, 0.3) is 5.91 Å². The van der Waals surface area contributed by atoms with Crippen molar-refractivity contribution >= 4 is 53.6 Å². The van der Waals surface area contributed by atoms with Crippen LogP contribution in [0.2, 0.25) is 0 Å². The molecule has 1 N–H and O–H groups in total. The van der Waals surface area contributed by atoms with Crippen molar-refractivity contribution in [2.24, 2.45) is 0 Å². The Labute approximate surface area is 195 Å². The second kappa shape index (κ2) is 8.42. The zero-order valence-electron chi connectivity index (χ0n) is 17.6. The molecule has 5 rings (SSSR count). The highest BCUT2D eigenvalue weighted by Crippen LogP contribution is 2.46. The van der Waals surface area contributed by atoms with Gasteiger partial charge in [-0.25, -0.2) is 13.4 Å². The highest BCUT2D eigenvalue weighted by atomic mass is 32.2. The molecule has 8 heteroatoms. The van der Waals surface area contributed by atoms with Crippen LogP contribution in [0.15, 0.2) is 53.4 Å². The average molecular weight is 483 g/mol. The number of para-hydroxylation sites is 1. The molecule has 5 nitrogen and oxygen atoms in total. The summed E-state index contributed by atoms with van der Waals surface area (Å²) in [5.74, 6) is -0.212. The summed E-state index contributed by atoms with van der Waals surface area (Å²) in [6, 6.07) is 14.2. The third kappa shape index (κ3) is 3.87. The van der Waals surface area contributed by atoms with E-state index in [1.807, 2.05) is 18.2 Å². The molecule has 1 aliphatic rings. The molecule has 1 aliphatic carbocycles. The van der Waals surface area contributed by atoms with Gasteiger partial charge < -0.3 is 5.32 Å². The van der Waals surface area contributed by atoms with E-state index >= 15 is 0 Å². The van der Waals surface area contributed by atoms with E-state index in [4.69, 9.17) is 4.98 Å². The van der Waals surface area contributed by atoms with Gasteiger partial charge in [0, 0.05) is 16.0 Å². The van der Waals surface area contributed by atoms with Gasteiger partial charge in [0.1, 0.15) is 10.0 Å². The zero-order chi connectivity index (χ0) is 22.3. The maximum absolute atomic E-state index is 13.0. The highest BCUT2D eigenvalue weighted by molar-refractivity contribution is 7.91. The molecule has 0 atom stereocenters. The lowest BCUT2D eigenvalue weighted by molar-refractivity contribution is 0.102. The molecule has 0 fully saturated rings. The Kier molecular flexibility index (Phi) is 5.61. The first-order valence-electron chi connectivity index (χ1n) is 10.6. The highest BCUT2D eigenvalue weighted by Gasteiger charge is 2.25. The summed E-state index contributed by atoms with van der Waals surface area (Å²) >= 11 is 3.29. The molecule has 2 aromatic carbocycles. The summed E-state index contributed by atoms with van der Waals surface area (Å²) < 4.78 is 25.2. The maximum Gasteiger partial charge on any atom is 0.256 e. The predicted molar refractivity (Wildman–Crippen MR) is 132 cm³/mol. The number of aryl methyl sites for hydroxylation is 1.